The van der Waals surface area contributed by atoms with E-state index in [1.807, 2.05) is 60.7 Å². The average Bonchev–Trinajstić information content (AvgIpc) is 1.57. The molecule has 0 spiro atoms. The van der Waals surface area contributed by atoms with Gasteiger partial charge in [0.1, 0.15) is 22.3 Å². The molecule has 14 aromatic carbocycles. The molecule has 4 aromatic heterocycles. The van der Waals surface area contributed by atoms with Crippen molar-refractivity contribution in [2.45, 2.75) is 38.5 Å². The highest BCUT2D eigenvalue weighted by molar-refractivity contribution is 6.10. The molecule has 0 N–H and O–H groups in total. The first-order chi connectivity index (χ1) is 51.0. The molecule has 0 fully saturated rings. The SMILES string of the molecule is CC1(C)c2ccccc2-c2ccc(-c3ccc(-c4cc(-c5ccc(-c6ccc7oc8ccccc8c7c6)cc5)nc(-c5ccccc5)n4)cc3)cc21.CC1(C)c2ccccc2-c2ccc(-c3ccc(-c4cc(-c5ccc(-c6cccc7c6oc6ccccc67)cc5)nc(-c5ccccc5)n4)cc3)cc21. The molecule has 0 aliphatic heterocycles. The minimum atomic E-state index is -0.0357. The molecule has 18 aromatic rings. The molecule has 20 rings (SSSR count). The largest absolute Gasteiger partial charge is 0.456 e. The predicted molar refractivity (Wildman–Crippen MR) is 428 cm³/mol. The van der Waals surface area contributed by atoms with E-state index in [0.29, 0.717) is 11.6 Å². The van der Waals surface area contributed by atoms with E-state index < -0.39 is 0 Å². The van der Waals surface area contributed by atoms with Crippen molar-refractivity contribution in [2.75, 3.05) is 0 Å². The summed E-state index contributed by atoms with van der Waals surface area (Å²) in [6.07, 6.45) is 0. The molecule has 0 atom stereocenters. The summed E-state index contributed by atoms with van der Waals surface area (Å²) >= 11 is 0. The summed E-state index contributed by atoms with van der Waals surface area (Å²) in [4.78, 5) is 20.3. The van der Waals surface area contributed by atoms with Gasteiger partial charge in [-0.3, -0.25) is 0 Å². The minimum absolute atomic E-state index is 0.0341. The van der Waals surface area contributed by atoms with Crippen LogP contribution in [0.1, 0.15) is 49.9 Å². The Balaban J connectivity index is 0.000000143. The molecule has 2 aliphatic rings. The fourth-order valence-corrected chi connectivity index (χ4v) is 15.9. The number of hydrogen-bond acceptors (Lipinski definition) is 6. The summed E-state index contributed by atoms with van der Waals surface area (Å²) in [5.74, 6) is 1.41. The normalized spacial score (nSPS) is 13.0. The summed E-state index contributed by atoms with van der Waals surface area (Å²) in [5, 5.41) is 4.52. The number of para-hydroxylation sites is 3. The lowest BCUT2D eigenvalue weighted by Crippen LogP contribution is -2.14. The van der Waals surface area contributed by atoms with Crippen molar-refractivity contribution in [3.05, 3.63) is 362 Å². The maximum absolute atomic E-state index is 6.34. The molecular weight excluding hydrogens is 1270 g/mol. The van der Waals surface area contributed by atoms with Gasteiger partial charge in [0, 0.05) is 71.3 Å². The second-order valence-corrected chi connectivity index (χ2v) is 28.4. The Morgan fingerprint density at radius 1 is 0.202 bits per heavy atom. The number of fused-ring (bicyclic) bond motifs is 12. The Kier molecular flexibility index (Phi) is 14.8. The second kappa shape index (κ2) is 24.9. The van der Waals surface area contributed by atoms with Gasteiger partial charge in [-0.25, -0.2) is 19.9 Å². The number of hydrogen-bond donors (Lipinski definition) is 0. The standard InChI is InChI=1S/2C49H34N2O/c1-49(2)42-17-8-6-13-38(42)39-28-27-36(29-43(39)49)31-19-23-33(24-20-31)44-30-45(51-48(50-44)35-11-4-3-5-12-35)34-25-21-32(22-26-34)37-15-10-16-41-40-14-7-9-18-46(40)52-47(37)41;1-49(2)42-14-8-6-12-38(42)39-26-24-37(29-43(39)49)32-18-22-34(23-19-32)45-30-44(50-48(51-45)35-10-4-3-5-11-35)33-20-16-31(17-21-33)36-25-27-47-41(28-36)40-13-7-9-15-46(40)52-47/h2*3-30H,1-2H3. The van der Waals surface area contributed by atoms with Gasteiger partial charge in [0.25, 0.3) is 0 Å². The average molecular weight is 1330 g/mol. The van der Waals surface area contributed by atoms with Crippen LogP contribution in [-0.4, -0.2) is 19.9 Å². The maximum Gasteiger partial charge on any atom is 0.160 e. The van der Waals surface area contributed by atoms with Crippen LogP contribution in [0.3, 0.4) is 0 Å². The van der Waals surface area contributed by atoms with Crippen molar-refractivity contribution in [2.24, 2.45) is 0 Å². The van der Waals surface area contributed by atoms with Crippen molar-refractivity contribution in [1.29, 1.82) is 0 Å². The van der Waals surface area contributed by atoms with Crippen LogP contribution in [0.2, 0.25) is 0 Å². The Bertz CT molecular complexity index is 6360. The van der Waals surface area contributed by atoms with E-state index >= 15 is 0 Å². The van der Waals surface area contributed by atoms with Crippen molar-refractivity contribution >= 4 is 43.9 Å². The third-order valence-corrected chi connectivity index (χ3v) is 21.5. The van der Waals surface area contributed by atoms with Crippen molar-refractivity contribution in [1.82, 2.24) is 19.9 Å². The Morgan fingerprint density at radius 3 is 1.00 bits per heavy atom. The van der Waals surface area contributed by atoms with Gasteiger partial charge in [-0.1, -0.05) is 319 Å². The van der Waals surface area contributed by atoms with E-state index in [0.717, 1.165) is 122 Å². The molecule has 492 valence electrons. The first-order valence-corrected chi connectivity index (χ1v) is 35.6. The summed E-state index contributed by atoms with van der Waals surface area (Å²) in [6.45, 7) is 9.32. The van der Waals surface area contributed by atoms with Gasteiger partial charge >= 0.3 is 0 Å². The van der Waals surface area contributed by atoms with Crippen molar-refractivity contribution in [3.63, 3.8) is 0 Å². The van der Waals surface area contributed by atoms with Crippen LogP contribution >= 0.6 is 0 Å². The van der Waals surface area contributed by atoms with E-state index in [1.54, 1.807) is 0 Å². The van der Waals surface area contributed by atoms with Gasteiger partial charge in [0.2, 0.25) is 0 Å². The highest BCUT2D eigenvalue weighted by Crippen LogP contribution is 2.52. The fraction of sp³-hybridized carbons (Fsp3) is 0.0612. The summed E-state index contributed by atoms with van der Waals surface area (Å²) in [5.41, 5.74) is 33.4. The van der Waals surface area contributed by atoms with Crippen LogP contribution in [0.25, 0.3) is 178 Å². The Hall–Kier alpha value is -13.2. The number of furan rings is 2. The van der Waals surface area contributed by atoms with Gasteiger partial charge in [-0.05, 0) is 132 Å². The zero-order valence-corrected chi connectivity index (χ0v) is 57.9. The third kappa shape index (κ3) is 10.8. The summed E-state index contributed by atoms with van der Waals surface area (Å²) in [6, 6.07) is 120. The van der Waals surface area contributed by atoms with Crippen molar-refractivity contribution in [3.8, 4) is 135 Å². The lowest BCUT2D eigenvalue weighted by molar-refractivity contribution is 0.660. The first kappa shape index (κ1) is 61.9. The zero-order valence-electron chi connectivity index (χ0n) is 57.9. The van der Waals surface area contributed by atoms with Gasteiger partial charge in [-0.15, -0.1) is 0 Å². The maximum atomic E-state index is 6.34. The van der Waals surface area contributed by atoms with Crippen LogP contribution in [0, 0.1) is 0 Å². The first-order valence-electron chi connectivity index (χ1n) is 35.6. The van der Waals surface area contributed by atoms with Crippen LogP contribution < -0.4 is 0 Å². The fourth-order valence-electron chi connectivity index (χ4n) is 15.9. The lowest BCUT2D eigenvalue weighted by atomic mass is 9.81. The summed E-state index contributed by atoms with van der Waals surface area (Å²) in [7, 11) is 0. The molecule has 0 amide bonds. The van der Waals surface area contributed by atoms with Gasteiger partial charge in [-0.2, -0.15) is 0 Å². The Morgan fingerprint density at radius 2 is 0.529 bits per heavy atom. The van der Waals surface area contributed by atoms with Crippen LogP contribution in [0.15, 0.2) is 349 Å². The Labute approximate surface area is 604 Å². The van der Waals surface area contributed by atoms with Crippen molar-refractivity contribution < 1.29 is 8.83 Å². The molecule has 0 bridgehead atoms. The molecule has 104 heavy (non-hydrogen) atoms. The third-order valence-electron chi connectivity index (χ3n) is 21.5. The number of benzene rings is 14. The van der Waals surface area contributed by atoms with E-state index in [-0.39, 0.29) is 10.8 Å². The molecular formula is C98H68N4O2. The number of rotatable bonds is 10. The second-order valence-electron chi connectivity index (χ2n) is 28.4. The molecule has 4 heterocycles. The van der Waals surface area contributed by atoms with Crippen LogP contribution in [-0.2, 0) is 10.8 Å². The van der Waals surface area contributed by atoms with E-state index in [9.17, 15) is 0 Å². The van der Waals surface area contributed by atoms with Crippen LogP contribution in [0.5, 0.6) is 0 Å². The summed E-state index contributed by atoms with van der Waals surface area (Å²) < 4.78 is 12.4. The van der Waals surface area contributed by atoms with Gasteiger partial charge in [0.15, 0.2) is 11.6 Å². The predicted octanol–water partition coefficient (Wildman–Crippen LogP) is 26.0. The monoisotopic (exact) mass is 1330 g/mol. The smallest absolute Gasteiger partial charge is 0.160 e. The topological polar surface area (TPSA) is 77.8 Å². The zero-order chi connectivity index (χ0) is 69.6. The van der Waals surface area contributed by atoms with E-state index in [2.05, 4.69) is 307 Å². The molecule has 6 nitrogen and oxygen atoms in total. The van der Waals surface area contributed by atoms with Crippen LogP contribution in [0.4, 0.5) is 0 Å². The molecule has 0 saturated carbocycles. The minimum Gasteiger partial charge on any atom is -0.456 e. The lowest BCUT2D eigenvalue weighted by Gasteiger charge is -2.22. The molecule has 6 heteroatoms. The molecule has 2 aliphatic carbocycles. The van der Waals surface area contributed by atoms with E-state index in [4.69, 9.17) is 28.8 Å². The number of nitrogens with zero attached hydrogens (tertiary/aromatic N) is 4. The van der Waals surface area contributed by atoms with Gasteiger partial charge in [0.05, 0.1) is 22.8 Å². The molecule has 0 saturated heterocycles. The highest BCUT2D eigenvalue weighted by Gasteiger charge is 2.37. The number of aromatic nitrogens is 4. The molecule has 0 unspecified atom stereocenters. The molecule has 0 radical (unpaired) electrons. The van der Waals surface area contributed by atoms with Gasteiger partial charge < -0.3 is 8.83 Å². The highest BCUT2D eigenvalue weighted by atomic mass is 16.3. The quantitative estimate of drug-likeness (QED) is 0.136. The van der Waals surface area contributed by atoms with E-state index in [1.165, 1.54) is 66.8 Å².